The van der Waals surface area contributed by atoms with Crippen molar-refractivity contribution in [1.29, 1.82) is 0 Å². The number of halogens is 3. The van der Waals surface area contributed by atoms with E-state index < -0.39 is 11.7 Å². The highest BCUT2D eigenvalue weighted by Gasteiger charge is 2.30. The first-order chi connectivity index (χ1) is 11.4. The lowest BCUT2D eigenvalue weighted by atomic mass is 10.1. The normalized spacial score (nSPS) is 11.5. The Morgan fingerprint density at radius 3 is 2.12 bits per heavy atom. The van der Waals surface area contributed by atoms with Gasteiger partial charge in [-0.25, -0.2) is 0 Å². The number of benzene rings is 3. The molecule has 24 heavy (non-hydrogen) atoms. The molecule has 0 radical (unpaired) electrons. The van der Waals surface area contributed by atoms with Crippen LogP contribution in [0.5, 0.6) is 0 Å². The van der Waals surface area contributed by atoms with Crippen LogP contribution in [-0.4, -0.2) is 13.0 Å². The number of nitrogens with zero attached hydrogens (tertiary/aromatic N) is 1. The minimum atomic E-state index is -4.41. The van der Waals surface area contributed by atoms with E-state index in [0.29, 0.717) is 5.69 Å². The molecule has 0 atom stereocenters. The summed E-state index contributed by atoms with van der Waals surface area (Å²) in [6, 6.07) is 17.6. The number of anilines is 1. The highest BCUT2D eigenvalue weighted by molar-refractivity contribution is 6.06. The van der Waals surface area contributed by atoms with Gasteiger partial charge in [-0.3, -0.25) is 4.79 Å². The molecule has 0 aliphatic heterocycles. The van der Waals surface area contributed by atoms with Gasteiger partial charge in [0, 0.05) is 18.3 Å². The van der Waals surface area contributed by atoms with Crippen LogP contribution in [-0.2, 0) is 6.18 Å². The lowest BCUT2D eigenvalue weighted by molar-refractivity contribution is -0.137. The molecule has 0 saturated carbocycles. The van der Waals surface area contributed by atoms with E-state index in [4.69, 9.17) is 0 Å². The molecule has 0 spiro atoms. The van der Waals surface area contributed by atoms with Gasteiger partial charge in [0.1, 0.15) is 0 Å². The van der Waals surface area contributed by atoms with Crippen LogP contribution in [0.1, 0.15) is 15.9 Å². The molecule has 5 heteroatoms. The summed E-state index contributed by atoms with van der Waals surface area (Å²) < 4.78 is 37.8. The number of fused-ring (bicyclic) bond motifs is 1. The molecule has 0 fully saturated rings. The second kappa shape index (κ2) is 6.00. The van der Waals surface area contributed by atoms with Crippen LogP contribution in [0.4, 0.5) is 18.9 Å². The molecule has 2 nitrogen and oxygen atoms in total. The van der Waals surface area contributed by atoms with Gasteiger partial charge in [0.15, 0.2) is 0 Å². The molecule has 0 heterocycles. The zero-order valence-corrected chi connectivity index (χ0v) is 12.8. The molecule has 0 N–H and O–H groups in total. The lowest BCUT2D eigenvalue weighted by Gasteiger charge is -2.18. The Bertz CT molecular complexity index is 885. The van der Waals surface area contributed by atoms with E-state index in [1.54, 1.807) is 7.05 Å². The van der Waals surface area contributed by atoms with Gasteiger partial charge in [0.2, 0.25) is 0 Å². The maximum atomic E-state index is 12.6. The minimum Gasteiger partial charge on any atom is -0.311 e. The monoisotopic (exact) mass is 329 g/mol. The van der Waals surface area contributed by atoms with Gasteiger partial charge in [-0.05, 0) is 47.2 Å². The third kappa shape index (κ3) is 3.11. The second-order valence-electron chi connectivity index (χ2n) is 5.47. The van der Waals surface area contributed by atoms with Crippen LogP contribution >= 0.6 is 0 Å². The van der Waals surface area contributed by atoms with Crippen molar-refractivity contribution in [2.24, 2.45) is 0 Å². The molecular weight excluding hydrogens is 315 g/mol. The Hall–Kier alpha value is -2.82. The Morgan fingerprint density at radius 1 is 0.875 bits per heavy atom. The molecular formula is C19H14F3NO. The van der Waals surface area contributed by atoms with E-state index in [1.807, 2.05) is 42.5 Å². The summed E-state index contributed by atoms with van der Waals surface area (Å²) in [6.07, 6.45) is -4.41. The molecule has 3 aromatic carbocycles. The van der Waals surface area contributed by atoms with Crippen molar-refractivity contribution in [3.8, 4) is 0 Å². The number of hydrogen-bond donors (Lipinski definition) is 0. The van der Waals surface area contributed by atoms with E-state index in [-0.39, 0.29) is 11.5 Å². The van der Waals surface area contributed by atoms with Crippen LogP contribution in [0.3, 0.4) is 0 Å². The summed E-state index contributed by atoms with van der Waals surface area (Å²) in [5.74, 6) is -0.362. The number of alkyl halides is 3. The van der Waals surface area contributed by atoms with Gasteiger partial charge < -0.3 is 4.90 Å². The maximum absolute atomic E-state index is 12.6. The molecule has 0 bridgehead atoms. The van der Waals surface area contributed by atoms with Crippen molar-refractivity contribution in [3.63, 3.8) is 0 Å². The SMILES string of the molecule is CN(C(=O)c1ccc(C(F)(F)F)cc1)c1ccc2ccccc2c1. The Labute approximate surface area is 137 Å². The van der Waals surface area contributed by atoms with Gasteiger partial charge >= 0.3 is 6.18 Å². The van der Waals surface area contributed by atoms with Crippen molar-refractivity contribution in [2.45, 2.75) is 6.18 Å². The number of rotatable bonds is 2. The number of carbonyl (C=O) groups is 1. The first-order valence-corrected chi connectivity index (χ1v) is 7.30. The van der Waals surface area contributed by atoms with Crippen molar-refractivity contribution in [1.82, 2.24) is 0 Å². The van der Waals surface area contributed by atoms with Crippen LogP contribution in [0.15, 0.2) is 66.7 Å². The average Bonchev–Trinajstić information content (AvgIpc) is 2.59. The fourth-order valence-corrected chi connectivity index (χ4v) is 2.50. The van der Waals surface area contributed by atoms with E-state index in [1.165, 1.54) is 17.0 Å². The van der Waals surface area contributed by atoms with Crippen LogP contribution in [0, 0.1) is 0 Å². The highest BCUT2D eigenvalue weighted by Crippen LogP contribution is 2.29. The fourth-order valence-electron chi connectivity index (χ4n) is 2.50. The molecule has 1 amide bonds. The highest BCUT2D eigenvalue weighted by atomic mass is 19.4. The fraction of sp³-hybridized carbons (Fsp3) is 0.105. The smallest absolute Gasteiger partial charge is 0.311 e. The topological polar surface area (TPSA) is 20.3 Å². The van der Waals surface area contributed by atoms with Crippen LogP contribution in [0.25, 0.3) is 10.8 Å². The molecule has 0 saturated heterocycles. The summed E-state index contributed by atoms with van der Waals surface area (Å²) in [5.41, 5.74) is 0.115. The molecule has 122 valence electrons. The average molecular weight is 329 g/mol. The number of hydrogen-bond acceptors (Lipinski definition) is 1. The zero-order chi connectivity index (χ0) is 17.3. The maximum Gasteiger partial charge on any atom is 0.416 e. The molecule has 3 rings (SSSR count). The number of amides is 1. The van der Waals surface area contributed by atoms with Crippen molar-refractivity contribution < 1.29 is 18.0 Å². The van der Waals surface area contributed by atoms with Gasteiger partial charge in [0.25, 0.3) is 5.91 Å². The van der Waals surface area contributed by atoms with Gasteiger partial charge in [-0.15, -0.1) is 0 Å². The van der Waals surface area contributed by atoms with E-state index in [9.17, 15) is 18.0 Å². The standard InChI is InChI=1S/C19H14F3NO/c1-23(17-11-8-13-4-2-3-5-15(13)12-17)18(24)14-6-9-16(10-7-14)19(20,21)22/h2-12H,1H3. The third-order valence-electron chi connectivity index (χ3n) is 3.88. The third-order valence-corrected chi connectivity index (χ3v) is 3.88. The minimum absolute atomic E-state index is 0.207. The van der Waals surface area contributed by atoms with Crippen molar-refractivity contribution >= 4 is 22.4 Å². The molecule has 0 aromatic heterocycles. The molecule has 0 aliphatic rings. The predicted molar refractivity (Wildman–Crippen MR) is 88.1 cm³/mol. The van der Waals surface area contributed by atoms with Crippen molar-refractivity contribution in [2.75, 3.05) is 11.9 Å². The zero-order valence-electron chi connectivity index (χ0n) is 12.8. The van der Waals surface area contributed by atoms with E-state index in [0.717, 1.165) is 22.9 Å². The quantitative estimate of drug-likeness (QED) is 0.638. The van der Waals surface area contributed by atoms with Crippen LogP contribution in [0.2, 0.25) is 0 Å². The molecule has 3 aromatic rings. The largest absolute Gasteiger partial charge is 0.416 e. The van der Waals surface area contributed by atoms with Gasteiger partial charge in [0.05, 0.1) is 5.56 Å². The first-order valence-electron chi connectivity index (χ1n) is 7.30. The van der Waals surface area contributed by atoms with Gasteiger partial charge in [-0.1, -0.05) is 30.3 Å². The van der Waals surface area contributed by atoms with E-state index >= 15 is 0 Å². The summed E-state index contributed by atoms with van der Waals surface area (Å²) >= 11 is 0. The lowest BCUT2D eigenvalue weighted by Crippen LogP contribution is -2.26. The molecule has 0 unspecified atom stereocenters. The first kappa shape index (κ1) is 16.1. The number of carbonyl (C=O) groups excluding carboxylic acids is 1. The molecule has 0 aliphatic carbocycles. The Morgan fingerprint density at radius 2 is 1.50 bits per heavy atom. The summed E-state index contributed by atoms with van der Waals surface area (Å²) in [7, 11) is 1.60. The summed E-state index contributed by atoms with van der Waals surface area (Å²) in [6.45, 7) is 0. The summed E-state index contributed by atoms with van der Waals surface area (Å²) in [5, 5.41) is 2.04. The van der Waals surface area contributed by atoms with Crippen LogP contribution < -0.4 is 4.90 Å². The van der Waals surface area contributed by atoms with Gasteiger partial charge in [-0.2, -0.15) is 13.2 Å². The van der Waals surface area contributed by atoms with E-state index in [2.05, 4.69) is 0 Å². The van der Waals surface area contributed by atoms with Crippen molar-refractivity contribution in [3.05, 3.63) is 77.9 Å². The Balaban J connectivity index is 1.88. The Kier molecular flexibility index (Phi) is 4.01. The second-order valence-corrected chi connectivity index (χ2v) is 5.47. The predicted octanol–water partition coefficient (Wildman–Crippen LogP) is 5.14. The summed E-state index contributed by atoms with van der Waals surface area (Å²) in [4.78, 5) is 13.9.